The lowest BCUT2D eigenvalue weighted by molar-refractivity contribution is 0.305. The largest absolute Gasteiger partial charge is 0.300 e. The zero-order valence-corrected chi connectivity index (χ0v) is 28.5. The molecule has 0 radical (unpaired) electrons. The van der Waals surface area contributed by atoms with E-state index in [4.69, 9.17) is 0 Å². The highest BCUT2D eigenvalue weighted by Gasteiger charge is 2.14. The summed E-state index contributed by atoms with van der Waals surface area (Å²) in [6.45, 7) is 11.4. The fourth-order valence-corrected chi connectivity index (χ4v) is 5.09. The van der Waals surface area contributed by atoms with Gasteiger partial charge in [0.05, 0.1) is 5.66 Å². The summed E-state index contributed by atoms with van der Waals surface area (Å²) in [4.78, 5) is 0. The summed E-state index contributed by atoms with van der Waals surface area (Å²) in [6.07, 6.45) is 50.4. The Kier molecular flexibility index (Phi) is 32.5. The van der Waals surface area contributed by atoms with Gasteiger partial charge in [-0.15, -0.1) is 0 Å². The van der Waals surface area contributed by atoms with Crippen molar-refractivity contribution in [3.05, 3.63) is 48.6 Å². The summed E-state index contributed by atoms with van der Waals surface area (Å²) >= 11 is 0. The van der Waals surface area contributed by atoms with Gasteiger partial charge in [0.1, 0.15) is 0 Å². The fraction of sp³-hybridized carbons (Fsp3) is 0.795. The zero-order chi connectivity index (χ0) is 30.0. The van der Waals surface area contributed by atoms with Crippen molar-refractivity contribution >= 4 is 0 Å². The van der Waals surface area contributed by atoms with E-state index in [-0.39, 0.29) is 5.66 Å². The van der Waals surface area contributed by atoms with Crippen LogP contribution in [-0.2, 0) is 0 Å². The van der Waals surface area contributed by atoms with Gasteiger partial charge in [0.25, 0.3) is 0 Å². The molecule has 2 heteroatoms. The van der Waals surface area contributed by atoms with Crippen molar-refractivity contribution in [1.29, 1.82) is 0 Å². The Bertz CT molecular complexity index is 561. The molecule has 0 aliphatic carbocycles. The van der Waals surface area contributed by atoms with E-state index in [2.05, 4.69) is 86.9 Å². The van der Waals surface area contributed by atoms with E-state index in [9.17, 15) is 0 Å². The summed E-state index contributed by atoms with van der Waals surface area (Å²) in [5, 5.41) is 7.45. The summed E-state index contributed by atoms with van der Waals surface area (Å²) < 4.78 is 0. The standard InChI is InChI=1S/C39H74N2/c1-5-7-9-11-13-15-17-19-21-23-25-27-29-31-33-35-37-40-39(3,4)41-38-36-34-32-30-28-26-24-22-20-18-16-14-12-10-8-6-2/h13-16,19-22,40-41H,5-12,17-18,23-38H2,1-4H3/b15-13-,16-14-,21-19-,22-20-. The van der Waals surface area contributed by atoms with Crippen LogP contribution in [0.5, 0.6) is 0 Å². The number of hydrogen-bond acceptors (Lipinski definition) is 2. The molecule has 0 unspecified atom stereocenters. The molecule has 0 rings (SSSR count). The Balaban J connectivity index is 3.40. The summed E-state index contributed by atoms with van der Waals surface area (Å²) in [5.74, 6) is 0. The van der Waals surface area contributed by atoms with E-state index in [1.165, 1.54) is 141 Å². The van der Waals surface area contributed by atoms with E-state index in [1.54, 1.807) is 0 Å². The molecule has 0 aliphatic heterocycles. The third-order valence-corrected chi connectivity index (χ3v) is 7.89. The van der Waals surface area contributed by atoms with Gasteiger partial charge in [0.15, 0.2) is 0 Å². The molecule has 0 aromatic rings. The Hall–Kier alpha value is -1.12. The second kappa shape index (κ2) is 33.4. The van der Waals surface area contributed by atoms with Gasteiger partial charge in [-0.05, 0) is 104 Å². The normalized spacial score (nSPS) is 12.8. The van der Waals surface area contributed by atoms with Crippen molar-refractivity contribution in [3.63, 3.8) is 0 Å². The Morgan fingerprint density at radius 2 is 0.659 bits per heavy atom. The highest BCUT2D eigenvalue weighted by molar-refractivity contribution is 4.93. The SMILES string of the molecule is CCCCC/C=C\C/C=C\CCCCCCCCNC(C)(C)NCCCCCCCC/C=C\C/C=C\CCCCC. The molecular formula is C39H74N2. The second-order valence-corrected chi connectivity index (χ2v) is 12.6. The molecule has 2 N–H and O–H groups in total. The summed E-state index contributed by atoms with van der Waals surface area (Å²) in [7, 11) is 0. The van der Waals surface area contributed by atoms with Crippen LogP contribution in [0.2, 0.25) is 0 Å². The predicted octanol–water partition coefficient (Wildman–Crippen LogP) is 12.5. The van der Waals surface area contributed by atoms with Crippen LogP contribution >= 0.6 is 0 Å². The molecule has 0 amide bonds. The molecule has 0 saturated carbocycles. The Morgan fingerprint density at radius 1 is 0.366 bits per heavy atom. The van der Waals surface area contributed by atoms with Gasteiger partial charge in [0, 0.05) is 0 Å². The third kappa shape index (κ3) is 35.0. The number of allylic oxidation sites excluding steroid dienone is 8. The molecular weight excluding hydrogens is 496 g/mol. The monoisotopic (exact) mass is 571 g/mol. The van der Waals surface area contributed by atoms with Crippen LogP contribution in [-0.4, -0.2) is 18.8 Å². The first-order valence-corrected chi connectivity index (χ1v) is 18.2. The lowest BCUT2D eigenvalue weighted by atomic mass is 10.1. The maximum absolute atomic E-state index is 3.73. The van der Waals surface area contributed by atoms with Crippen molar-refractivity contribution in [2.75, 3.05) is 13.1 Å². The van der Waals surface area contributed by atoms with Crippen molar-refractivity contribution in [3.8, 4) is 0 Å². The van der Waals surface area contributed by atoms with Gasteiger partial charge in [-0.2, -0.15) is 0 Å². The minimum absolute atomic E-state index is 0.0497. The molecule has 0 saturated heterocycles. The van der Waals surface area contributed by atoms with Gasteiger partial charge in [-0.1, -0.05) is 140 Å². The average molecular weight is 571 g/mol. The highest BCUT2D eigenvalue weighted by Crippen LogP contribution is 2.10. The fourth-order valence-electron chi connectivity index (χ4n) is 5.09. The molecule has 0 aromatic heterocycles. The van der Waals surface area contributed by atoms with Crippen molar-refractivity contribution in [1.82, 2.24) is 10.6 Å². The lowest BCUT2D eigenvalue weighted by Crippen LogP contribution is -2.52. The first-order valence-electron chi connectivity index (χ1n) is 18.2. The van der Waals surface area contributed by atoms with Gasteiger partial charge in [-0.3, -0.25) is 10.6 Å². The molecule has 0 bridgehead atoms. The number of hydrogen-bond donors (Lipinski definition) is 2. The van der Waals surface area contributed by atoms with Crippen LogP contribution in [0.1, 0.15) is 182 Å². The highest BCUT2D eigenvalue weighted by atomic mass is 15.2. The maximum atomic E-state index is 3.73. The van der Waals surface area contributed by atoms with E-state index >= 15 is 0 Å². The van der Waals surface area contributed by atoms with Crippen LogP contribution in [0.15, 0.2) is 48.6 Å². The first kappa shape index (κ1) is 39.9. The van der Waals surface area contributed by atoms with Crippen LogP contribution < -0.4 is 10.6 Å². The number of rotatable bonds is 32. The second-order valence-electron chi connectivity index (χ2n) is 12.6. The molecule has 0 heterocycles. The van der Waals surface area contributed by atoms with E-state index in [0.29, 0.717) is 0 Å². The van der Waals surface area contributed by atoms with Gasteiger partial charge in [-0.25, -0.2) is 0 Å². The molecule has 0 spiro atoms. The number of unbranched alkanes of at least 4 members (excludes halogenated alkanes) is 18. The zero-order valence-electron chi connectivity index (χ0n) is 28.5. The maximum Gasteiger partial charge on any atom is 0.0629 e. The molecule has 41 heavy (non-hydrogen) atoms. The van der Waals surface area contributed by atoms with Crippen LogP contribution in [0.3, 0.4) is 0 Å². The predicted molar refractivity (Wildman–Crippen MR) is 189 cm³/mol. The molecule has 0 aliphatic rings. The smallest absolute Gasteiger partial charge is 0.0629 e. The number of nitrogens with one attached hydrogen (secondary N) is 2. The van der Waals surface area contributed by atoms with Crippen molar-refractivity contribution in [2.24, 2.45) is 0 Å². The van der Waals surface area contributed by atoms with E-state index < -0.39 is 0 Å². The van der Waals surface area contributed by atoms with E-state index in [1.807, 2.05) is 0 Å². The Labute approximate surface area is 259 Å². The van der Waals surface area contributed by atoms with Crippen LogP contribution in [0.4, 0.5) is 0 Å². The van der Waals surface area contributed by atoms with Gasteiger partial charge < -0.3 is 0 Å². The van der Waals surface area contributed by atoms with Crippen molar-refractivity contribution in [2.45, 2.75) is 187 Å². The molecule has 0 atom stereocenters. The molecule has 2 nitrogen and oxygen atoms in total. The first-order chi connectivity index (χ1) is 20.1. The van der Waals surface area contributed by atoms with Crippen LogP contribution in [0.25, 0.3) is 0 Å². The molecule has 240 valence electrons. The van der Waals surface area contributed by atoms with Crippen molar-refractivity contribution < 1.29 is 0 Å². The lowest BCUT2D eigenvalue weighted by Gasteiger charge is -2.28. The van der Waals surface area contributed by atoms with Gasteiger partial charge in [0.2, 0.25) is 0 Å². The van der Waals surface area contributed by atoms with Gasteiger partial charge >= 0.3 is 0 Å². The van der Waals surface area contributed by atoms with Crippen LogP contribution in [0, 0.1) is 0 Å². The summed E-state index contributed by atoms with van der Waals surface area (Å²) in [5.41, 5.74) is 0.0497. The third-order valence-electron chi connectivity index (χ3n) is 7.89. The molecule has 0 aromatic carbocycles. The molecule has 0 fully saturated rings. The topological polar surface area (TPSA) is 24.1 Å². The average Bonchev–Trinajstić information content (AvgIpc) is 2.96. The summed E-state index contributed by atoms with van der Waals surface area (Å²) in [6, 6.07) is 0. The minimum atomic E-state index is 0.0497. The van der Waals surface area contributed by atoms with E-state index in [0.717, 1.165) is 25.9 Å². The quantitative estimate of drug-likeness (QED) is 0.0477. The Morgan fingerprint density at radius 3 is 1.00 bits per heavy atom. The minimum Gasteiger partial charge on any atom is -0.300 e.